The lowest BCUT2D eigenvalue weighted by atomic mass is 10.2. The molecule has 33 heavy (non-hydrogen) atoms. The van der Waals surface area contributed by atoms with Crippen molar-refractivity contribution in [3.8, 4) is 11.3 Å². The van der Waals surface area contributed by atoms with E-state index >= 15 is 0 Å². The number of carbonyl (C=O) groups excluding carboxylic acids is 2. The van der Waals surface area contributed by atoms with Crippen molar-refractivity contribution in [1.82, 2.24) is 19.7 Å². The van der Waals surface area contributed by atoms with Crippen molar-refractivity contribution in [1.29, 1.82) is 0 Å². The number of hydrogen-bond donors (Lipinski definition) is 2. The smallest absolute Gasteiger partial charge is 0.239 e. The van der Waals surface area contributed by atoms with Gasteiger partial charge < -0.3 is 15.6 Å². The van der Waals surface area contributed by atoms with Crippen LogP contribution in [-0.4, -0.2) is 36.8 Å². The van der Waals surface area contributed by atoms with Crippen LogP contribution in [0.15, 0.2) is 28.7 Å². The third-order valence-electron chi connectivity index (χ3n) is 4.54. The van der Waals surface area contributed by atoms with Crippen LogP contribution in [0.1, 0.15) is 33.0 Å². The standard InChI is InChI=1S/C21H24F2N6O2S2/c1-11(2)9-29-18(7-6-17(24)30)27-28-21(29)33-12(3)19(31)26-20-25-16(10-32-20)13-4-5-14(22)15(23)8-13/h4-5,8,10-12H,6-7,9H2,1-3H3,(H2,24,30)(H,25,26,31)/t12-/m1/s1. The molecule has 0 fully saturated rings. The number of nitrogens with one attached hydrogen (secondary N) is 1. The second-order valence-electron chi connectivity index (χ2n) is 7.79. The molecule has 2 amide bonds. The summed E-state index contributed by atoms with van der Waals surface area (Å²) in [7, 11) is 0. The lowest BCUT2D eigenvalue weighted by Gasteiger charge is -2.14. The van der Waals surface area contributed by atoms with Crippen molar-refractivity contribution < 1.29 is 18.4 Å². The lowest BCUT2D eigenvalue weighted by Crippen LogP contribution is -2.23. The van der Waals surface area contributed by atoms with E-state index < -0.39 is 22.8 Å². The van der Waals surface area contributed by atoms with Gasteiger partial charge in [0.15, 0.2) is 21.9 Å². The van der Waals surface area contributed by atoms with Gasteiger partial charge in [-0.15, -0.1) is 21.5 Å². The molecule has 8 nitrogen and oxygen atoms in total. The van der Waals surface area contributed by atoms with E-state index in [1.807, 2.05) is 4.57 Å². The van der Waals surface area contributed by atoms with Crippen LogP contribution in [0.25, 0.3) is 11.3 Å². The SMILES string of the molecule is CC(C)Cn1c(CCC(N)=O)nnc1S[C@H](C)C(=O)Nc1nc(-c2ccc(F)c(F)c2)cs1. The molecule has 3 rings (SSSR count). The van der Waals surface area contributed by atoms with Gasteiger partial charge in [0.1, 0.15) is 5.82 Å². The number of amides is 2. The van der Waals surface area contributed by atoms with E-state index in [2.05, 4.69) is 34.3 Å². The highest BCUT2D eigenvalue weighted by Gasteiger charge is 2.22. The molecule has 0 aliphatic heterocycles. The van der Waals surface area contributed by atoms with Crippen molar-refractivity contribution in [3.63, 3.8) is 0 Å². The monoisotopic (exact) mass is 494 g/mol. The average Bonchev–Trinajstić information content (AvgIpc) is 3.35. The van der Waals surface area contributed by atoms with E-state index in [1.54, 1.807) is 12.3 Å². The third kappa shape index (κ3) is 6.57. The summed E-state index contributed by atoms with van der Waals surface area (Å²) in [6, 6.07) is 3.52. The first kappa shape index (κ1) is 24.8. The molecule has 0 aliphatic rings. The van der Waals surface area contributed by atoms with Crippen molar-refractivity contribution >= 4 is 40.0 Å². The van der Waals surface area contributed by atoms with E-state index in [1.165, 1.54) is 29.2 Å². The van der Waals surface area contributed by atoms with Crippen molar-refractivity contribution in [2.45, 2.75) is 50.6 Å². The summed E-state index contributed by atoms with van der Waals surface area (Å²) in [5.41, 5.74) is 6.10. The van der Waals surface area contributed by atoms with Crippen molar-refractivity contribution in [2.24, 2.45) is 11.7 Å². The number of aromatic nitrogens is 4. The first-order valence-electron chi connectivity index (χ1n) is 10.2. The number of anilines is 1. The zero-order valence-corrected chi connectivity index (χ0v) is 20.0. The summed E-state index contributed by atoms with van der Waals surface area (Å²) >= 11 is 2.43. The molecule has 2 heterocycles. The van der Waals surface area contributed by atoms with Crippen LogP contribution in [0.2, 0.25) is 0 Å². The van der Waals surface area contributed by atoms with Crippen LogP contribution in [0.4, 0.5) is 13.9 Å². The van der Waals surface area contributed by atoms with Gasteiger partial charge >= 0.3 is 0 Å². The first-order valence-corrected chi connectivity index (χ1v) is 12.0. The molecule has 0 unspecified atom stereocenters. The Morgan fingerprint density at radius 1 is 1.21 bits per heavy atom. The van der Waals surface area contributed by atoms with Crippen LogP contribution in [-0.2, 0) is 22.6 Å². The molecule has 1 aromatic carbocycles. The molecule has 0 bridgehead atoms. The maximum atomic E-state index is 13.5. The lowest BCUT2D eigenvalue weighted by molar-refractivity contribution is -0.118. The number of aryl methyl sites for hydroxylation is 1. The van der Waals surface area contributed by atoms with E-state index in [4.69, 9.17) is 5.73 Å². The number of nitrogens with zero attached hydrogens (tertiary/aromatic N) is 4. The van der Waals surface area contributed by atoms with Gasteiger partial charge in [-0.1, -0.05) is 25.6 Å². The number of benzene rings is 1. The summed E-state index contributed by atoms with van der Waals surface area (Å²) in [6.07, 6.45) is 0.545. The Balaban J connectivity index is 1.68. The second-order valence-corrected chi connectivity index (χ2v) is 9.95. The number of thiazole rings is 1. The number of hydrogen-bond acceptors (Lipinski definition) is 7. The van der Waals surface area contributed by atoms with Gasteiger partial charge in [0, 0.05) is 30.3 Å². The molecule has 0 radical (unpaired) electrons. The maximum absolute atomic E-state index is 13.5. The summed E-state index contributed by atoms with van der Waals surface area (Å²) in [6.45, 7) is 6.48. The van der Waals surface area contributed by atoms with Crippen LogP contribution in [0.5, 0.6) is 0 Å². The highest BCUT2D eigenvalue weighted by molar-refractivity contribution is 8.00. The van der Waals surface area contributed by atoms with Crippen molar-refractivity contribution in [3.05, 3.63) is 41.0 Å². The summed E-state index contributed by atoms with van der Waals surface area (Å²) in [5, 5.41) is 13.2. The van der Waals surface area contributed by atoms with Gasteiger partial charge in [-0.05, 0) is 31.0 Å². The van der Waals surface area contributed by atoms with Crippen LogP contribution in [0, 0.1) is 17.6 Å². The Kier molecular flexibility index (Phi) is 8.14. The molecule has 2 aromatic heterocycles. The highest BCUT2D eigenvalue weighted by Crippen LogP contribution is 2.28. The molecule has 0 saturated heterocycles. The number of primary amides is 1. The van der Waals surface area contributed by atoms with Crippen LogP contribution in [0.3, 0.4) is 0 Å². The molecule has 0 spiro atoms. The topological polar surface area (TPSA) is 116 Å². The minimum Gasteiger partial charge on any atom is -0.370 e. The summed E-state index contributed by atoms with van der Waals surface area (Å²) in [4.78, 5) is 28.2. The summed E-state index contributed by atoms with van der Waals surface area (Å²) < 4.78 is 28.6. The molecule has 1 atom stereocenters. The molecular formula is C21H24F2N6O2S2. The number of carbonyl (C=O) groups is 2. The van der Waals surface area contributed by atoms with Gasteiger partial charge in [-0.25, -0.2) is 13.8 Å². The molecule has 3 N–H and O–H groups in total. The fraction of sp³-hybridized carbons (Fsp3) is 0.381. The molecular weight excluding hydrogens is 470 g/mol. The minimum atomic E-state index is -0.961. The largest absolute Gasteiger partial charge is 0.370 e. The minimum absolute atomic E-state index is 0.168. The first-order chi connectivity index (χ1) is 15.6. The zero-order chi connectivity index (χ0) is 24.1. The van der Waals surface area contributed by atoms with E-state index in [9.17, 15) is 18.4 Å². The van der Waals surface area contributed by atoms with Gasteiger partial charge in [-0.2, -0.15) is 0 Å². The Hall–Kier alpha value is -2.86. The third-order valence-corrected chi connectivity index (χ3v) is 6.38. The van der Waals surface area contributed by atoms with Gasteiger partial charge in [0.25, 0.3) is 0 Å². The van der Waals surface area contributed by atoms with E-state index in [-0.39, 0.29) is 12.3 Å². The molecule has 3 aromatic rings. The number of nitrogens with two attached hydrogens (primary N) is 1. The quantitative estimate of drug-likeness (QED) is 0.414. The fourth-order valence-electron chi connectivity index (χ4n) is 2.91. The number of thioether (sulfide) groups is 1. The maximum Gasteiger partial charge on any atom is 0.239 e. The number of rotatable bonds is 10. The molecule has 176 valence electrons. The van der Waals surface area contributed by atoms with Crippen LogP contribution < -0.4 is 11.1 Å². The van der Waals surface area contributed by atoms with Gasteiger partial charge in [0.2, 0.25) is 11.8 Å². The van der Waals surface area contributed by atoms with E-state index in [0.717, 1.165) is 12.1 Å². The normalized spacial score (nSPS) is 12.2. The predicted octanol–water partition coefficient (Wildman–Crippen LogP) is 3.87. The van der Waals surface area contributed by atoms with Crippen molar-refractivity contribution in [2.75, 3.05) is 5.32 Å². The van der Waals surface area contributed by atoms with E-state index in [0.29, 0.717) is 46.3 Å². The number of halogens is 2. The Bertz CT molecular complexity index is 1150. The highest BCUT2D eigenvalue weighted by atomic mass is 32.2. The van der Waals surface area contributed by atoms with Gasteiger partial charge in [0.05, 0.1) is 10.9 Å². The molecule has 12 heteroatoms. The zero-order valence-electron chi connectivity index (χ0n) is 18.3. The van der Waals surface area contributed by atoms with Gasteiger partial charge in [-0.3, -0.25) is 9.59 Å². The Morgan fingerprint density at radius 2 is 1.97 bits per heavy atom. The molecule has 0 saturated carbocycles. The second kappa shape index (κ2) is 10.8. The Morgan fingerprint density at radius 3 is 2.64 bits per heavy atom. The predicted molar refractivity (Wildman–Crippen MR) is 124 cm³/mol. The summed E-state index contributed by atoms with van der Waals surface area (Å²) in [5.74, 6) is -1.64. The van der Waals surface area contributed by atoms with Crippen LogP contribution >= 0.6 is 23.1 Å². The average molecular weight is 495 g/mol. The Labute approximate surface area is 198 Å². The fourth-order valence-corrected chi connectivity index (χ4v) is 4.51. The molecule has 0 aliphatic carbocycles.